The maximum atomic E-state index is 13.2. The summed E-state index contributed by atoms with van der Waals surface area (Å²) in [5.74, 6) is -0.511. The first-order chi connectivity index (χ1) is 15.9. The van der Waals surface area contributed by atoms with Gasteiger partial charge in [-0.05, 0) is 38.5 Å². The lowest BCUT2D eigenvalue weighted by Gasteiger charge is -2.19. The SMILES string of the molecule is CC.Cc1cc(C(C)Nc2cnccc2C(=O)O)c2oc(-c3ccccc3)c(C)c(=O)c2c1. The molecule has 4 rings (SSSR count). The van der Waals surface area contributed by atoms with Crippen LogP contribution in [0.4, 0.5) is 5.69 Å². The van der Waals surface area contributed by atoms with Gasteiger partial charge in [0.1, 0.15) is 11.3 Å². The second-order valence-corrected chi connectivity index (χ2v) is 7.57. The fraction of sp³-hybridized carbons (Fsp3) is 0.222. The van der Waals surface area contributed by atoms with E-state index < -0.39 is 5.97 Å². The Bertz CT molecular complexity index is 1340. The lowest BCUT2D eigenvalue weighted by molar-refractivity contribution is 0.0697. The van der Waals surface area contributed by atoms with E-state index in [1.807, 2.05) is 70.2 Å². The number of aryl methyl sites for hydroxylation is 1. The molecular formula is C27H28N2O4. The number of hydrogen-bond acceptors (Lipinski definition) is 5. The Hall–Kier alpha value is -3.93. The van der Waals surface area contributed by atoms with Gasteiger partial charge in [0, 0.05) is 22.9 Å². The van der Waals surface area contributed by atoms with E-state index in [9.17, 15) is 14.7 Å². The molecule has 0 spiro atoms. The molecule has 4 aromatic rings. The molecule has 0 bridgehead atoms. The smallest absolute Gasteiger partial charge is 0.337 e. The van der Waals surface area contributed by atoms with Crippen LogP contribution in [-0.4, -0.2) is 16.1 Å². The fourth-order valence-corrected chi connectivity index (χ4v) is 3.76. The van der Waals surface area contributed by atoms with Crippen molar-refractivity contribution in [2.24, 2.45) is 0 Å². The normalized spacial score (nSPS) is 11.4. The highest BCUT2D eigenvalue weighted by Gasteiger charge is 2.20. The summed E-state index contributed by atoms with van der Waals surface area (Å²) in [6.45, 7) is 9.59. The van der Waals surface area contributed by atoms with Crippen molar-refractivity contribution in [2.45, 2.75) is 40.7 Å². The monoisotopic (exact) mass is 444 g/mol. The predicted octanol–water partition coefficient (Wildman–Crippen LogP) is 6.37. The third kappa shape index (κ3) is 4.80. The molecule has 0 saturated heterocycles. The number of nitrogens with zero attached hydrogens (tertiary/aromatic N) is 1. The Morgan fingerprint density at radius 1 is 1.09 bits per heavy atom. The average molecular weight is 445 g/mol. The van der Waals surface area contributed by atoms with Crippen molar-refractivity contribution in [1.29, 1.82) is 0 Å². The second-order valence-electron chi connectivity index (χ2n) is 7.57. The van der Waals surface area contributed by atoms with Gasteiger partial charge in [-0.2, -0.15) is 0 Å². The quantitative estimate of drug-likeness (QED) is 0.372. The van der Waals surface area contributed by atoms with Crippen molar-refractivity contribution in [3.63, 3.8) is 0 Å². The Labute approximate surface area is 192 Å². The van der Waals surface area contributed by atoms with E-state index >= 15 is 0 Å². The van der Waals surface area contributed by atoms with Crippen molar-refractivity contribution >= 4 is 22.6 Å². The highest BCUT2D eigenvalue weighted by Crippen LogP contribution is 2.32. The van der Waals surface area contributed by atoms with Crippen LogP contribution in [0, 0.1) is 13.8 Å². The number of nitrogens with one attached hydrogen (secondary N) is 1. The Balaban J connectivity index is 0.00000149. The minimum absolute atomic E-state index is 0.0788. The first kappa shape index (κ1) is 23.7. The number of hydrogen-bond donors (Lipinski definition) is 2. The zero-order valence-corrected chi connectivity index (χ0v) is 19.5. The van der Waals surface area contributed by atoms with Crippen LogP contribution in [0.5, 0.6) is 0 Å². The van der Waals surface area contributed by atoms with E-state index in [2.05, 4.69) is 10.3 Å². The van der Waals surface area contributed by atoms with E-state index in [4.69, 9.17) is 4.42 Å². The molecule has 33 heavy (non-hydrogen) atoms. The fourth-order valence-electron chi connectivity index (χ4n) is 3.76. The Morgan fingerprint density at radius 2 is 1.79 bits per heavy atom. The molecule has 2 N–H and O–H groups in total. The summed E-state index contributed by atoms with van der Waals surface area (Å²) in [6, 6.07) is 14.4. The Morgan fingerprint density at radius 3 is 2.45 bits per heavy atom. The lowest BCUT2D eigenvalue weighted by atomic mass is 9.98. The highest BCUT2D eigenvalue weighted by atomic mass is 16.4. The zero-order chi connectivity index (χ0) is 24.1. The lowest BCUT2D eigenvalue weighted by Crippen LogP contribution is -2.14. The van der Waals surface area contributed by atoms with Gasteiger partial charge in [0.25, 0.3) is 0 Å². The summed E-state index contributed by atoms with van der Waals surface area (Å²) in [6.07, 6.45) is 2.92. The summed E-state index contributed by atoms with van der Waals surface area (Å²) in [4.78, 5) is 28.8. The van der Waals surface area contributed by atoms with Gasteiger partial charge in [-0.25, -0.2) is 4.79 Å². The van der Waals surface area contributed by atoms with E-state index in [1.54, 1.807) is 6.92 Å². The van der Waals surface area contributed by atoms with E-state index in [0.717, 1.165) is 16.7 Å². The van der Waals surface area contributed by atoms with E-state index in [1.165, 1.54) is 18.5 Å². The largest absolute Gasteiger partial charge is 0.478 e. The van der Waals surface area contributed by atoms with Crippen molar-refractivity contribution in [2.75, 3.05) is 5.32 Å². The molecule has 1 unspecified atom stereocenters. The van der Waals surface area contributed by atoms with Gasteiger partial charge in [0.2, 0.25) is 0 Å². The maximum Gasteiger partial charge on any atom is 0.337 e. The van der Waals surface area contributed by atoms with Crippen LogP contribution in [0.2, 0.25) is 0 Å². The van der Waals surface area contributed by atoms with Gasteiger partial charge < -0.3 is 14.8 Å². The number of aromatic carboxylic acids is 1. The number of anilines is 1. The van der Waals surface area contributed by atoms with Gasteiger partial charge in [0.05, 0.1) is 28.9 Å². The summed E-state index contributed by atoms with van der Waals surface area (Å²) < 4.78 is 6.31. The molecule has 6 nitrogen and oxygen atoms in total. The number of rotatable bonds is 5. The maximum absolute atomic E-state index is 13.2. The molecular weight excluding hydrogens is 416 g/mol. The van der Waals surface area contributed by atoms with Crippen LogP contribution in [0.3, 0.4) is 0 Å². The summed E-state index contributed by atoms with van der Waals surface area (Å²) in [5, 5.41) is 13.2. The molecule has 170 valence electrons. The molecule has 0 aliphatic heterocycles. The number of fused-ring (bicyclic) bond motifs is 1. The summed E-state index contributed by atoms with van der Waals surface area (Å²) in [5.41, 5.74) is 3.99. The van der Waals surface area contributed by atoms with Crippen LogP contribution < -0.4 is 10.7 Å². The van der Waals surface area contributed by atoms with Crippen molar-refractivity contribution in [1.82, 2.24) is 4.98 Å². The number of carboxylic acids is 1. The van der Waals surface area contributed by atoms with Crippen LogP contribution in [0.25, 0.3) is 22.3 Å². The van der Waals surface area contributed by atoms with Crippen molar-refractivity contribution < 1.29 is 14.3 Å². The second kappa shape index (κ2) is 10.1. The number of aromatic nitrogens is 1. The first-order valence-corrected chi connectivity index (χ1v) is 10.9. The third-order valence-corrected chi connectivity index (χ3v) is 5.32. The number of benzene rings is 2. The molecule has 0 saturated carbocycles. The third-order valence-electron chi connectivity index (χ3n) is 5.32. The molecule has 0 aliphatic rings. The predicted molar refractivity (Wildman–Crippen MR) is 132 cm³/mol. The van der Waals surface area contributed by atoms with Gasteiger partial charge in [-0.1, -0.05) is 50.2 Å². The summed E-state index contributed by atoms with van der Waals surface area (Å²) in [7, 11) is 0. The van der Waals surface area contributed by atoms with Gasteiger partial charge in [-0.15, -0.1) is 0 Å². The van der Waals surface area contributed by atoms with Crippen LogP contribution in [0.1, 0.15) is 53.9 Å². The van der Waals surface area contributed by atoms with Crippen LogP contribution in [0.15, 0.2) is 70.1 Å². The first-order valence-electron chi connectivity index (χ1n) is 10.9. The minimum Gasteiger partial charge on any atom is -0.478 e. The minimum atomic E-state index is -1.04. The molecule has 6 heteroatoms. The van der Waals surface area contributed by atoms with Crippen LogP contribution in [-0.2, 0) is 0 Å². The standard InChI is InChI=1S/C25H22N2O4.C2H6/c1-14-11-19(16(3)27-21-13-26-10-9-18(21)25(29)30)24-20(12-14)22(28)15(2)23(31-24)17-7-5-4-6-8-17;1-2/h4-13,16,27H,1-3H3,(H,29,30);1-2H3. The Kier molecular flexibility index (Phi) is 7.28. The van der Waals surface area contributed by atoms with Gasteiger partial charge in [-0.3, -0.25) is 9.78 Å². The topological polar surface area (TPSA) is 92.4 Å². The van der Waals surface area contributed by atoms with Crippen LogP contribution >= 0.6 is 0 Å². The number of carbonyl (C=O) groups is 1. The molecule has 1 atom stereocenters. The molecule has 2 heterocycles. The van der Waals surface area contributed by atoms with E-state index in [-0.39, 0.29) is 17.0 Å². The highest BCUT2D eigenvalue weighted by molar-refractivity contribution is 5.94. The molecule has 0 aliphatic carbocycles. The number of carboxylic acid groups (broad SMARTS) is 1. The van der Waals surface area contributed by atoms with Crippen molar-refractivity contribution in [3.05, 3.63) is 93.4 Å². The van der Waals surface area contributed by atoms with Gasteiger partial charge in [0.15, 0.2) is 5.43 Å². The summed E-state index contributed by atoms with van der Waals surface area (Å²) >= 11 is 0. The molecule has 2 aromatic heterocycles. The number of pyridine rings is 1. The molecule has 0 radical (unpaired) electrons. The molecule has 0 amide bonds. The average Bonchev–Trinajstić information content (AvgIpc) is 2.83. The van der Waals surface area contributed by atoms with Gasteiger partial charge >= 0.3 is 5.97 Å². The zero-order valence-electron chi connectivity index (χ0n) is 19.5. The molecule has 0 fully saturated rings. The van der Waals surface area contributed by atoms with E-state index in [0.29, 0.717) is 28.0 Å². The molecule has 2 aromatic carbocycles. The van der Waals surface area contributed by atoms with Crippen molar-refractivity contribution in [3.8, 4) is 11.3 Å².